The Bertz CT molecular complexity index is 328. The van der Waals surface area contributed by atoms with Gasteiger partial charge in [0.25, 0.3) is 0 Å². The molecule has 0 aliphatic rings. The van der Waals surface area contributed by atoms with Gasteiger partial charge in [-0.05, 0) is 32.2 Å². The van der Waals surface area contributed by atoms with Crippen molar-refractivity contribution in [2.75, 3.05) is 13.6 Å². The molecule has 0 radical (unpaired) electrons. The summed E-state index contributed by atoms with van der Waals surface area (Å²) in [5, 5.41) is -0.00776. The lowest BCUT2D eigenvalue weighted by molar-refractivity contribution is 0.323. The molecule has 0 fully saturated rings. The van der Waals surface area contributed by atoms with E-state index in [1.165, 1.54) is 6.07 Å². The number of hydrogen-bond donors (Lipinski definition) is 0. The van der Waals surface area contributed by atoms with Crippen molar-refractivity contribution in [3.63, 3.8) is 0 Å². The summed E-state index contributed by atoms with van der Waals surface area (Å²) in [5.74, 6) is -0.802. The molecule has 0 saturated carbocycles. The molecule has 0 heterocycles. The fraction of sp³-hybridized carbons (Fsp3) is 0.455. The Morgan fingerprint density at radius 2 is 2.07 bits per heavy atom. The molecule has 0 bridgehead atoms. The molecule has 4 heteroatoms. The highest BCUT2D eigenvalue weighted by atomic mass is 35.5. The Morgan fingerprint density at radius 3 is 2.67 bits per heavy atom. The van der Waals surface area contributed by atoms with Gasteiger partial charge in [0.1, 0.15) is 11.6 Å². The molecule has 1 atom stereocenters. The van der Waals surface area contributed by atoms with Crippen molar-refractivity contribution in [2.45, 2.75) is 18.8 Å². The van der Waals surface area contributed by atoms with Gasteiger partial charge in [0.2, 0.25) is 0 Å². The molecular weight excluding hydrogens is 220 g/mol. The van der Waals surface area contributed by atoms with E-state index in [1.807, 2.05) is 18.9 Å². The third-order valence-corrected chi connectivity index (χ3v) is 2.15. The molecule has 0 spiro atoms. The first-order valence-corrected chi connectivity index (χ1v) is 5.19. The van der Waals surface area contributed by atoms with Gasteiger partial charge in [0.15, 0.2) is 0 Å². The molecule has 84 valence electrons. The zero-order chi connectivity index (χ0) is 11.4. The lowest BCUT2D eigenvalue weighted by Gasteiger charge is -2.18. The van der Waals surface area contributed by atoms with Crippen LogP contribution in [-0.2, 0) is 6.54 Å². The van der Waals surface area contributed by atoms with Crippen LogP contribution in [-0.4, -0.2) is 23.9 Å². The van der Waals surface area contributed by atoms with E-state index in [9.17, 15) is 8.78 Å². The topological polar surface area (TPSA) is 3.24 Å². The monoisotopic (exact) mass is 233 g/mol. The average Bonchev–Trinajstić information content (AvgIpc) is 2.10. The van der Waals surface area contributed by atoms with E-state index in [4.69, 9.17) is 11.6 Å². The van der Waals surface area contributed by atoms with Crippen LogP contribution in [0.5, 0.6) is 0 Å². The molecule has 0 aliphatic carbocycles. The van der Waals surface area contributed by atoms with Crippen LogP contribution < -0.4 is 0 Å². The highest BCUT2D eigenvalue weighted by Crippen LogP contribution is 2.12. The van der Waals surface area contributed by atoms with Crippen molar-refractivity contribution in [3.8, 4) is 0 Å². The summed E-state index contributed by atoms with van der Waals surface area (Å²) in [6.07, 6.45) is 0. The molecule has 0 saturated heterocycles. The maximum absolute atomic E-state index is 13.2. The average molecular weight is 234 g/mol. The molecule has 15 heavy (non-hydrogen) atoms. The molecular formula is C11H14ClF2N. The highest BCUT2D eigenvalue weighted by Gasteiger charge is 2.08. The normalized spacial score (nSPS) is 13.2. The van der Waals surface area contributed by atoms with E-state index in [0.29, 0.717) is 18.7 Å². The smallest absolute Gasteiger partial charge is 0.127 e. The van der Waals surface area contributed by atoms with E-state index >= 15 is 0 Å². The van der Waals surface area contributed by atoms with Gasteiger partial charge in [-0.15, -0.1) is 11.6 Å². The highest BCUT2D eigenvalue weighted by molar-refractivity contribution is 6.20. The lowest BCUT2D eigenvalue weighted by Crippen LogP contribution is -2.24. The largest absolute Gasteiger partial charge is 0.301 e. The first-order chi connectivity index (χ1) is 6.99. The number of rotatable bonds is 4. The predicted octanol–water partition coefficient (Wildman–Crippen LogP) is 3.02. The molecule has 1 rings (SSSR count). The second kappa shape index (κ2) is 5.42. The molecule has 0 aromatic heterocycles. The third kappa shape index (κ3) is 4.14. The number of hydrogen-bond acceptors (Lipinski definition) is 1. The minimum Gasteiger partial charge on any atom is -0.301 e. The van der Waals surface area contributed by atoms with Gasteiger partial charge in [-0.3, -0.25) is 0 Å². The molecule has 0 amide bonds. The second-order valence-corrected chi connectivity index (χ2v) is 4.46. The summed E-state index contributed by atoms with van der Waals surface area (Å²) >= 11 is 5.80. The maximum atomic E-state index is 13.2. The zero-order valence-electron chi connectivity index (χ0n) is 8.80. The van der Waals surface area contributed by atoms with Gasteiger partial charge >= 0.3 is 0 Å². The number of benzene rings is 1. The van der Waals surface area contributed by atoms with E-state index in [-0.39, 0.29) is 11.2 Å². The quantitative estimate of drug-likeness (QED) is 0.723. The van der Waals surface area contributed by atoms with Gasteiger partial charge in [0.05, 0.1) is 0 Å². The van der Waals surface area contributed by atoms with Crippen LogP contribution in [0.4, 0.5) is 8.78 Å². The summed E-state index contributed by atoms with van der Waals surface area (Å²) in [4.78, 5) is 1.86. The van der Waals surface area contributed by atoms with Crippen LogP contribution in [0, 0.1) is 11.6 Å². The SMILES string of the molecule is CC(Cl)CN(C)Cc1cc(F)ccc1F. The second-order valence-electron chi connectivity index (χ2n) is 3.71. The van der Waals surface area contributed by atoms with Crippen LogP contribution in [0.25, 0.3) is 0 Å². The number of nitrogens with zero attached hydrogens (tertiary/aromatic N) is 1. The molecule has 0 aliphatic heterocycles. The molecule has 1 aromatic rings. The molecule has 1 unspecified atom stereocenters. The number of alkyl halides is 1. The molecule has 1 nitrogen and oxygen atoms in total. The minimum absolute atomic E-state index is 0.00776. The fourth-order valence-electron chi connectivity index (χ4n) is 1.45. The van der Waals surface area contributed by atoms with Crippen molar-refractivity contribution in [3.05, 3.63) is 35.4 Å². The maximum Gasteiger partial charge on any atom is 0.127 e. The van der Waals surface area contributed by atoms with Crippen LogP contribution in [0.3, 0.4) is 0 Å². The number of halogens is 3. The van der Waals surface area contributed by atoms with Crippen LogP contribution in [0.15, 0.2) is 18.2 Å². The van der Waals surface area contributed by atoms with E-state index in [1.54, 1.807) is 0 Å². The summed E-state index contributed by atoms with van der Waals surface area (Å²) < 4.78 is 26.1. The van der Waals surface area contributed by atoms with Crippen molar-refractivity contribution in [1.29, 1.82) is 0 Å². The van der Waals surface area contributed by atoms with E-state index in [2.05, 4.69) is 0 Å². The summed E-state index contributed by atoms with van der Waals surface area (Å²) in [6, 6.07) is 3.47. The Labute approximate surface area is 93.7 Å². The summed E-state index contributed by atoms with van der Waals surface area (Å²) in [6.45, 7) is 2.86. The van der Waals surface area contributed by atoms with Crippen molar-refractivity contribution < 1.29 is 8.78 Å². The molecule has 1 aromatic carbocycles. The Hall–Kier alpha value is -0.670. The lowest BCUT2D eigenvalue weighted by atomic mass is 10.2. The van der Waals surface area contributed by atoms with Gasteiger partial charge in [-0.2, -0.15) is 0 Å². The molecule has 0 N–H and O–H groups in total. The first-order valence-electron chi connectivity index (χ1n) is 4.75. The third-order valence-electron chi connectivity index (χ3n) is 2.01. The zero-order valence-corrected chi connectivity index (χ0v) is 9.56. The summed E-state index contributed by atoms with van der Waals surface area (Å²) in [7, 11) is 1.82. The predicted molar refractivity (Wildman–Crippen MR) is 58.0 cm³/mol. The standard InChI is InChI=1S/C11H14ClF2N/c1-8(12)6-15(2)7-9-5-10(13)3-4-11(9)14/h3-5,8H,6-7H2,1-2H3. The summed E-state index contributed by atoms with van der Waals surface area (Å²) in [5.41, 5.74) is 0.356. The van der Waals surface area contributed by atoms with Crippen molar-refractivity contribution >= 4 is 11.6 Å². The Balaban J connectivity index is 2.67. The van der Waals surface area contributed by atoms with Crippen molar-refractivity contribution in [1.82, 2.24) is 4.90 Å². The fourth-order valence-corrected chi connectivity index (χ4v) is 1.68. The van der Waals surface area contributed by atoms with Crippen LogP contribution in [0.2, 0.25) is 0 Å². The van der Waals surface area contributed by atoms with Gasteiger partial charge < -0.3 is 4.90 Å². The Kier molecular flexibility index (Phi) is 4.48. The van der Waals surface area contributed by atoms with Gasteiger partial charge in [-0.25, -0.2) is 8.78 Å². The van der Waals surface area contributed by atoms with Crippen LogP contribution in [0.1, 0.15) is 12.5 Å². The minimum atomic E-state index is -0.418. The van der Waals surface area contributed by atoms with Gasteiger partial charge in [-0.1, -0.05) is 0 Å². The van der Waals surface area contributed by atoms with Crippen molar-refractivity contribution in [2.24, 2.45) is 0 Å². The van der Waals surface area contributed by atoms with Gasteiger partial charge in [0, 0.05) is 24.0 Å². The van der Waals surface area contributed by atoms with Crippen LogP contribution >= 0.6 is 11.6 Å². The van der Waals surface area contributed by atoms with E-state index < -0.39 is 5.82 Å². The van der Waals surface area contributed by atoms with E-state index in [0.717, 1.165) is 12.1 Å². The first kappa shape index (κ1) is 12.4. The Morgan fingerprint density at radius 1 is 1.40 bits per heavy atom.